The fourth-order valence-corrected chi connectivity index (χ4v) is 10.6. The van der Waals surface area contributed by atoms with Gasteiger partial charge >= 0.3 is 18.7 Å². The smallest absolute Gasteiger partial charge is 0.410 e. The fourth-order valence-electron chi connectivity index (χ4n) is 7.92. The highest BCUT2D eigenvalue weighted by Gasteiger charge is 2.56. The number of benzene rings is 2. The second kappa shape index (κ2) is 18.9. The lowest BCUT2D eigenvalue weighted by Gasteiger charge is -2.42. The summed E-state index contributed by atoms with van der Waals surface area (Å²) < 4.78 is 76.7. The lowest BCUT2D eigenvalue weighted by atomic mass is 10.0. The molecule has 1 saturated carbocycles. The molecule has 6 heterocycles. The maximum absolute atomic E-state index is 13.8. The minimum Gasteiger partial charge on any atom is -0.467 e. The molecule has 4 atom stereocenters. The highest BCUT2D eigenvalue weighted by atomic mass is 127. The molecule has 4 aromatic heterocycles. The van der Waals surface area contributed by atoms with Crippen LogP contribution in [0.4, 0.5) is 28.2 Å². The van der Waals surface area contributed by atoms with Crippen molar-refractivity contribution in [2.24, 2.45) is 5.92 Å². The number of carbonyl (C=O) groups excluding carboxylic acids is 1. The number of fused-ring (bicyclic) bond motifs is 6. The molecule has 332 valence electrons. The van der Waals surface area contributed by atoms with Crippen molar-refractivity contribution in [3.05, 3.63) is 66.0 Å². The number of aromatic nitrogens is 5. The van der Waals surface area contributed by atoms with E-state index in [1.54, 1.807) is 19.3 Å². The van der Waals surface area contributed by atoms with Crippen molar-refractivity contribution in [3.8, 4) is 23.0 Å². The van der Waals surface area contributed by atoms with E-state index in [0.717, 1.165) is 39.4 Å². The Kier molecular flexibility index (Phi) is 14.0. The van der Waals surface area contributed by atoms with E-state index in [-0.39, 0.29) is 43.0 Å². The van der Waals surface area contributed by atoms with Crippen molar-refractivity contribution in [2.45, 2.75) is 97.6 Å². The van der Waals surface area contributed by atoms with Gasteiger partial charge in [0.2, 0.25) is 0 Å². The Hall–Kier alpha value is -4.13. The van der Waals surface area contributed by atoms with Crippen LogP contribution in [0.25, 0.3) is 42.5 Å². The van der Waals surface area contributed by atoms with Crippen LogP contribution in [0, 0.1) is 12.8 Å². The number of hydrogen-bond acceptors (Lipinski definition) is 11. The van der Waals surface area contributed by atoms with Gasteiger partial charge in [-0.25, -0.2) is 18.0 Å². The number of hydrogen-bond donors (Lipinski definition) is 0. The van der Waals surface area contributed by atoms with Crippen molar-refractivity contribution < 1.29 is 41.3 Å². The van der Waals surface area contributed by atoms with Crippen LogP contribution >= 0.6 is 39.8 Å². The normalized spacial score (nSPS) is 19.2. The fraction of sp³-hybridized carbons (Fsp3) is 0.465. The van der Waals surface area contributed by atoms with E-state index in [4.69, 9.17) is 33.9 Å². The number of anilines is 1. The molecule has 4 unspecified atom stereocenters. The zero-order valence-electron chi connectivity index (χ0n) is 35.4. The van der Waals surface area contributed by atoms with E-state index >= 15 is 0 Å². The monoisotopic (exact) mass is 1010 g/mol. The third kappa shape index (κ3) is 9.67. The highest BCUT2D eigenvalue weighted by molar-refractivity contribution is 14.2. The Bertz CT molecular complexity index is 2530. The molecule has 3 aliphatic rings. The molecule has 0 radical (unpaired) electrons. The number of carbonyl (C=O) groups is 1. The Labute approximate surface area is 376 Å². The quantitative estimate of drug-likeness (QED) is 0.0746. The van der Waals surface area contributed by atoms with E-state index in [0.29, 0.717) is 58.9 Å². The Morgan fingerprint density at radius 2 is 1.76 bits per heavy atom. The van der Waals surface area contributed by atoms with Crippen LogP contribution in [0.1, 0.15) is 65.0 Å². The van der Waals surface area contributed by atoms with Gasteiger partial charge in [-0.1, -0.05) is 44.2 Å². The number of aryl methyl sites for hydroxylation is 1. The van der Waals surface area contributed by atoms with Crippen LogP contribution < -0.4 is 14.4 Å². The maximum Gasteiger partial charge on any atom is 0.410 e. The topological polar surface area (TPSA) is 117 Å². The number of halogens is 5. The standard InChI is InChI=1S/C30H31F2IN7O4PS.C11H12F2O.C2H6/c1-14-10-19-18(11-35-40(19)45-33)20(23(14)43-27(31)32)22-24-17(8-9-34-22)21-25(36-28(42-5)37-26(21)46-24)38-12-15-6-7-16(13-38)39(15)29(41)44-30(2,3)4;12-11(13)6-10(11)8-14-7-9-4-2-1-3-5-9;1-2/h8-11,15-16,27,45H,6-7,12-13H2,1-5H3;1-5,10H,6-8H2;1-2H3. The van der Waals surface area contributed by atoms with Crippen molar-refractivity contribution in [2.75, 3.05) is 31.7 Å². The molecule has 2 saturated heterocycles. The summed E-state index contributed by atoms with van der Waals surface area (Å²) in [5.41, 5.74) is 2.76. The molecular formula is C43H49F4IN7O5PS. The number of piperazine rings is 1. The summed E-state index contributed by atoms with van der Waals surface area (Å²) in [6, 6.07) is 13.4. The van der Waals surface area contributed by atoms with E-state index in [2.05, 4.69) is 32.0 Å². The molecule has 19 heteroatoms. The molecule has 2 aliphatic heterocycles. The molecule has 0 spiro atoms. The molecule has 62 heavy (non-hydrogen) atoms. The largest absolute Gasteiger partial charge is 0.467 e. The molecule has 2 aromatic carbocycles. The maximum atomic E-state index is 13.8. The van der Waals surface area contributed by atoms with E-state index < -0.39 is 24.1 Å². The van der Waals surface area contributed by atoms with E-state index in [9.17, 15) is 22.4 Å². The number of nitrogens with zero attached hydrogens (tertiary/aromatic N) is 7. The molecule has 12 nitrogen and oxygen atoms in total. The van der Waals surface area contributed by atoms with Gasteiger partial charge in [0.15, 0.2) is 0 Å². The first-order valence-electron chi connectivity index (χ1n) is 20.4. The van der Waals surface area contributed by atoms with Gasteiger partial charge in [-0.15, -0.1) is 11.3 Å². The van der Waals surface area contributed by atoms with Gasteiger partial charge in [0.25, 0.3) is 5.92 Å². The molecule has 3 fully saturated rings. The molecule has 2 bridgehead atoms. The number of pyridine rings is 1. The van der Waals surface area contributed by atoms with Crippen LogP contribution in [0.5, 0.6) is 11.8 Å². The first-order chi connectivity index (χ1) is 29.7. The summed E-state index contributed by atoms with van der Waals surface area (Å²) in [4.78, 5) is 32.2. The van der Waals surface area contributed by atoms with Crippen LogP contribution in [0.2, 0.25) is 0 Å². The number of ether oxygens (including phenoxy) is 4. The van der Waals surface area contributed by atoms with Gasteiger partial charge in [0.1, 0.15) is 22.0 Å². The third-order valence-electron chi connectivity index (χ3n) is 10.7. The van der Waals surface area contributed by atoms with Gasteiger partial charge < -0.3 is 23.8 Å². The predicted molar refractivity (Wildman–Crippen MR) is 245 cm³/mol. The molecule has 1 amide bonds. The van der Waals surface area contributed by atoms with Crippen LogP contribution in [0.15, 0.2) is 54.9 Å². The average molecular weight is 1010 g/mol. The van der Waals surface area contributed by atoms with Gasteiger partial charge in [-0.2, -0.15) is 23.8 Å². The van der Waals surface area contributed by atoms with Crippen LogP contribution in [0.3, 0.4) is 0 Å². The van der Waals surface area contributed by atoms with Crippen molar-refractivity contribution in [3.63, 3.8) is 0 Å². The molecular weight excluding hydrogens is 960 g/mol. The van der Waals surface area contributed by atoms with Gasteiger partial charge in [-0.05, 0) is 85.8 Å². The zero-order valence-corrected chi connectivity index (χ0v) is 39.4. The minimum atomic E-state index is -3.02. The Morgan fingerprint density at radius 1 is 1.06 bits per heavy atom. The molecule has 6 aromatic rings. The molecule has 9 rings (SSSR count). The Morgan fingerprint density at radius 3 is 2.37 bits per heavy atom. The summed E-state index contributed by atoms with van der Waals surface area (Å²) in [6.45, 7) is 10.1. The van der Waals surface area contributed by atoms with Gasteiger partial charge in [0.05, 0.1) is 77.8 Å². The highest BCUT2D eigenvalue weighted by Crippen LogP contribution is 2.50. The van der Waals surface area contributed by atoms with Gasteiger partial charge in [-0.3, -0.25) is 9.88 Å². The summed E-state index contributed by atoms with van der Waals surface area (Å²) in [7, 11) is 1.53. The first kappa shape index (κ1) is 45.9. The second-order valence-electron chi connectivity index (χ2n) is 16.0. The van der Waals surface area contributed by atoms with Crippen LogP contribution in [-0.2, 0) is 16.1 Å². The second-order valence-corrected chi connectivity index (χ2v) is 19.1. The first-order valence-corrected chi connectivity index (χ1v) is 25.3. The molecule has 1 aliphatic carbocycles. The van der Waals surface area contributed by atoms with Crippen molar-refractivity contribution in [1.82, 2.24) is 29.4 Å². The lowest BCUT2D eigenvalue weighted by molar-refractivity contribution is -0.0498. The minimum absolute atomic E-state index is 0.0121. The molecule has 0 N–H and O–H groups in total. The number of methoxy groups -OCH3 is 1. The predicted octanol–water partition coefficient (Wildman–Crippen LogP) is 11.4. The number of rotatable bonds is 10. The number of amides is 1. The third-order valence-corrected chi connectivity index (χ3v) is 13.7. The summed E-state index contributed by atoms with van der Waals surface area (Å²) >= 11 is 3.64. The van der Waals surface area contributed by atoms with E-state index in [1.165, 1.54) is 18.4 Å². The Balaban J connectivity index is 0.000000304. The zero-order chi connectivity index (χ0) is 44.5. The number of alkyl halides is 4. The summed E-state index contributed by atoms with van der Waals surface area (Å²) in [5.74, 6) is -2.25. The SMILES string of the molecule is CC.COc1nc(N2CC3CCC(C2)N3C(=O)OC(C)(C)C)c2c(n1)sc1c(-c3c(OC(F)F)c(C)cc4c3cnn4PI)nccc12.FC1(F)CC1COCc1ccccc1. The van der Waals surface area contributed by atoms with Crippen LogP contribution in [-0.4, -0.2) is 92.5 Å². The lowest BCUT2D eigenvalue weighted by Crippen LogP contribution is -2.57. The summed E-state index contributed by atoms with van der Waals surface area (Å²) in [5, 5.41) is 6.84. The van der Waals surface area contributed by atoms with Gasteiger partial charge in [0, 0.05) is 36.5 Å². The van der Waals surface area contributed by atoms with Crippen molar-refractivity contribution in [1.29, 1.82) is 0 Å². The summed E-state index contributed by atoms with van der Waals surface area (Å²) in [6.07, 6.45) is 5.10. The van der Waals surface area contributed by atoms with E-state index in [1.807, 2.05) is 86.4 Å². The van der Waals surface area contributed by atoms with Crippen molar-refractivity contribution >= 4 is 82.9 Å². The number of thiophene rings is 1. The average Bonchev–Trinajstić information content (AvgIpc) is 3.51.